The SMILES string of the molecule is COc1cccc(/C=C2/N=C(CCOc3ccccc3)NC2=O)c1. The van der Waals surface area contributed by atoms with Crippen LogP contribution in [0.25, 0.3) is 6.08 Å². The molecule has 0 atom stereocenters. The van der Waals surface area contributed by atoms with Gasteiger partial charge in [-0.3, -0.25) is 4.79 Å². The number of methoxy groups -OCH3 is 1. The van der Waals surface area contributed by atoms with Crippen molar-refractivity contribution in [1.29, 1.82) is 0 Å². The molecule has 0 saturated carbocycles. The van der Waals surface area contributed by atoms with Crippen LogP contribution in [0.2, 0.25) is 0 Å². The minimum atomic E-state index is -0.201. The molecule has 1 heterocycles. The highest BCUT2D eigenvalue weighted by atomic mass is 16.5. The molecule has 122 valence electrons. The number of hydrogen-bond acceptors (Lipinski definition) is 4. The molecule has 0 unspecified atom stereocenters. The number of hydrogen-bond donors (Lipinski definition) is 1. The first kappa shape index (κ1) is 15.8. The molecule has 5 heteroatoms. The van der Waals surface area contributed by atoms with E-state index in [1.54, 1.807) is 13.2 Å². The third kappa shape index (κ3) is 4.01. The second-order valence-electron chi connectivity index (χ2n) is 5.23. The van der Waals surface area contributed by atoms with E-state index in [0.717, 1.165) is 17.1 Å². The number of carbonyl (C=O) groups excluding carboxylic acids is 1. The van der Waals surface area contributed by atoms with Crippen LogP contribution in [0.1, 0.15) is 12.0 Å². The zero-order valence-corrected chi connectivity index (χ0v) is 13.4. The van der Waals surface area contributed by atoms with Crippen LogP contribution in [0.4, 0.5) is 0 Å². The predicted octanol–water partition coefficient (Wildman–Crippen LogP) is 3.03. The van der Waals surface area contributed by atoms with E-state index < -0.39 is 0 Å². The first-order chi connectivity index (χ1) is 11.7. The summed E-state index contributed by atoms with van der Waals surface area (Å²) in [5, 5.41) is 2.77. The Kier molecular flexibility index (Phi) is 4.91. The maximum absolute atomic E-state index is 12.0. The lowest BCUT2D eigenvalue weighted by Gasteiger charge is -2.05. The molecule has 2 aromatic rings. The van der Waals surface area contributed by atoms with Crippen LogP contribution in [0, 0.1) is 0 Å². The van der Waals surface area contributed by atoms with Gasteiger partial charge in [-0.25, -0.2) is 4.99 Å². The molecule has 0 radical (unpaired) electrons. The Morgan fingerprint density at radius 1 is 1.08 bits per heavy atom. The Morgan fingerprint density at radius 3 is 2.67 bits per heavy atom. The Morgan fingerprint density at radius 2 is 1.88 bits per heavy atom. The number of benzene rings is 2. The van der Waals surface area contributed by atoms with E-state index in [4.69, 9.17) is 9.47 Å². The van der Waals surface area contributed by atoms with Crippen molar-refractivity contribution in [3.8, 4) is 11.5 Å². The number of carbonyl (C=O) groups is 1. The molecule has 0 bridgehead atoms. The highest BCUT2D eigenvalue weighted by Gasteiger charge is 2.19. The van der Waals surface area contributed by atoms with Gasteiger partial charge in [-0.15, -0.1) is 0 Å². The zero-order valence-electron chi connectivity index (χ0n) is 13.4. The van der Waals surface area contributed by atoms with Crippen LogP contribution >= 0.6 is 0 Å². The molecule has 3 rings (SSSR count). The number of nitrogens with one attached hydrogen (secondary N) is 1. The molecule has 0 aliphatic carbocycles. The molecule has 0 fully saturated rings. The van der Waals surface area contributed by atoms with Gasteiger partial charge in [0.15, 0.2) is 0 Å². The van der Waals surface area contributed by atoms with Crippen molar-refractivity contribution < 1.29 is 14.3 Å². The zero-order chi connectivity index (χ0) is 16.8. The van der Waals surface area contributed by atoms with E-state index >= 15 is 0 Å². The largest absolute Gasteiger partial charge is 0.497 e. The van der Waals surface area contributed by atoms with Gasteiger partial charge in [0.2, 0.25) is 0 Å². The van der Waals surface area contributed by atoms with Crippen LogP contribution in [0.5, 0.6) is 11.5 Å². The smallest absolute Gasteiger partial charge is 0.275 e. The van der Waals surface area contributed by atoms with Crippen molar-refractivity contribution in [3.63, 3.8) is 0 Å². The second-order valence-corrected chi connectivity index (χ2v) is 5.23. The molecule has 1 aliphatic rings. The number of aliphatic imine (C=N–C) groups is 1. The molecule has 0 saturated heterocycles. The molecule has 0 spiro atoms. The maximum atomic E-state index is 12.0. The molecule has 24 heavy (non-hydrogen) atoms. The number of para-hydroxylation sites is 1. The molecule has 1 N–H and O–H groups in total. The van der Waals surface area contributed by atoms with E-state index in [0.29, 0.717) is 24.6 Å². The van der Waals surface area contributed by atoms with Crippen molar-refractivity contribution in [2.24, 2.45) is 4.99 Å². The van der Waals surface area contributed by atoms with Crippen LogP contribution in [-0.4, -0.2) is 25.5 Å². The summed E-state index contributed by atoms with van der Waals surface area (Å²) in [6.45, 7) is 0.454. The lowest BCUT2D eigenvalue weighted by molar-refractivity contribution is -0.115. The first-order valence-corrected chi connectivity index (χ1v) is 7.67. The highest BCUT2D eigenvalue weighted by Crippen LogP contribution is 2.18. The summed E-state index contributed by atoms with van der Waals surface area (Å²) in [6.07, 6.45) is 2.28. The molecule has 5 nitrogen and oxygen atoms in total. The highest BCUT2D eigenvalue weighted by molar-refractivity contribution is 6.14. The summed E-state index contributed by atoms with van der Waals surface area (Å²) in [6, 6.07) is 17.0. The van der Waals surface area contributed by atoms with Crippen LogP contribution < -0.4 is 14.8 Å². The van der Waals surface area contributed by atoms with Gasteiger partial charge in [0.05, 0.1) is 13.7 Å². The fourth-order valence-corrected chi connectivity index (χ4v) is 2.31. The van der Waals surface area contributed by atoms with E-state index in [-0.39, 0.29) is 5.91 Å². The van der Waals surface area contributed by atoms with Gasteiger partial charge in [0, 0.05) is 6.42 Å². The molecular weight excluding hydrogens is 304 g/mol. The Balaban J connectivity index is 1.63. The minimum Gasteiger partial charge on any atom is -0.497 e. The van der Waals surface area contributed by atoms with E-state index in [9.17, 15) is 4.79 Å². The standard InChI is InChI=1S/C19H18N2O3/c1-23-16-9-5-6-14(12-16)13-17-19(22)21-18(20-17)10-11-24-15-7-3-2-4-8-15/h2-9,12-13H,10-11H2,1H3,(H,20,21,22)/b17-13+. The number of rotatable bonds is 6. The van der Waals surface area contributed by atoms with Crippen molar-refractivity contribution in [2.45, 2.75) is 6.42 Å². The Hall–Kier alpha value is -3.08. The molecule has 2 aromatic carbocycles. The van der Waals surface area contributed by atoms with Gasteiger partial charge in [0.1, 0.15) is 23.0 Å². The van der Waals surface area contributed by atoms with E-state index in [1.807, 2.05) is 54.6 Å². The van der Waals surface area contributed by atoms with Gasteiger partial charge in [0.25, 0.3) is 5.91 Å². The third-order valence-electron chi connectivity index (χ3n) is 3.49. The summed E-state index contributed by atoms with van der Waals surface area (Å²) in [5.41, 5.74) is 1.25. The van der Waals surface area contributed by atoms with E-state index in [2.05, 4.69) is 10.3 Å². The number of ether oxygens (including phenoxy) is 2. The van der Waals surface area contributed by atoms with E-state index in [1.165, 1.54) is 0 Å². The monoisotopic (exact) mass is 322 g/mol. The van der Waals surface area contributed by atoms with Gasteiger partial charge in [-0.2, -0.15) is 0 Å². The first-order valence-electron chi connectivity index (χ1n) is 7.67. The number of nitrogens with zero attached hydrogens (tertiary/aromatic N) is 1. The quantitative estimate of drug-likeness (QED) is 0.832. The summed E-state index contributed by atoms with van der Waals surface area (Å²) in [4.78, 5) is 16.4. The van der Waals surface area contributed by atoms with Crippen molar-refractivity contribution in [2.75, 3.05) is 13.7 Å². The van der Waals surface area contributed by atoms with Gasteiger partial charge >= 0.3 is 0 Å². The Bertz CT molecular complexity index is 782. The topological polar surface area (TPSA) is 59.9 Å². The van der Waals surface area contributed by atoms with Crippen LogP contribution in [0.15, 0.2) is 65.3 Å². The summed E-state index contributed by atoms with van der Waals surface area (Å²) >= 11 is 0. The maximum Gasteiger partial charge on any atom is 0.275 e. The molecule has 1 aliphatic heterocycles. The van der Waals surface area contributed by atoms with Gasteiger partial charge in [-0.1, -0.05) is 30.3 Å². The Labute approximate surface area is 140 Å². The predicted molar refractivity (Wildman–Crippen MR) is 93.1 cm³/mol. The number of amides is 1. The fourth-order valence-electron chi connectivity index (χ4n) is 2.31. The average molecular weight is 322 g/mol. The third-order valence-corrected chi connectivity index (χ3v) is 3.49. The lowest BCUT2D eigenvalue weighted by atomic mass is 10.2. The normalized spacial score (nSPS) is 15.1. The second kappa shape index (κ2) is 7.46. The van der Waals surface area contributed by atoms with Crippen molar-refractivity contribution in [1.82, 2.24) is 5.32 Å². The minimum absolute atomic E-state index is 0.201. The van der Waals surface area contributed by atoms with Gasteiger partial charge < -0.3 is 14.8 Å². The average Bonchev–Trinajstić information content (AvgIpc) is 2.95. The molecule has 0 aromatic heterocycles. The van der Waals surface area contributed by atoms with Gasteiger partial charge in [-0.05, 0) is 35.9 Å². The lowest BCUT2D eigenvalue weighted by Crippen LogP contribution is -2.25. The summed E-state index contributed by atoms with van der Waals surface area (Å²) in [7, 11) is 1.61. The van der Waals surface area contributed by atoms with Crippen molar-refractivity contribution in [3.05, 3.63) is 65.9 Å². The van der Waals surface area contributed by atoms with Crippen LogP contribution in [0.3, 0.4) is 0 Å². The van der Waals surface area contributed by atoms with Crippen molar-refractivity contribution >= 4 is 17.8 Å². The molecular formula is C19H18N2O3. The summed E-state index contributed by atoms with van der Waals surface area (Å²) < 4.78 is 10.8. The summed E-state index contributed by atoms with van der Waals surface area (Å²) in [5.74, 6) is 1.95. The fraction of sp³-hybridized carbons (Fsp3) is 0.158. The number of amidine groups is 1. The van der Waals surface area contributed by atoms with Crippen LogP contribution in [-0.2, 0) is 4.79 Å². The molecule has 1 amide bonds.